The smallest absolute Gasteiger partial charge is 0.387 e. The molecule has 12 heteroatoms. The summed E-state index contributed by atoms with van der Waals surface area (Å²) in [6.45, 7) is -1.61. The molecule has 0 saturated heterocycles. The number of anilines is 1. The van der Waals surface area contributed by atoms with Crippen LogP contribution in [-0.2, 0) is 9.59 Å². The second-order valence-electron chi connectivity index (χ2n) is 7.27. The molecule has 1 aliphatic heterocycles. The highest BCUT2D eigenvalue weighted by atomic mass is 19.3. The van der Waals surface area contributed by atoms with E-state index in [1.54, 1.807) is 18.2 Å². The molecule has 2 heterocycles. The Morgan fingerprint density at radius 3 is 2.51 bits per heavy atom. The summed E-state index contributed by atoms with van der Waals surface area (Å²) < 4.78 is 35.6. The van der Waals surface area contributed by atoms with Gasteiger partial charge in [0.2, 0.25) is 0 Å². The zero-order chi connectivity index (χ0) is 25.1. The third-order valence-corrected chi connectivity index (χ3v) is 5.00. The number of hydrazone groups is 1. The van der Waals surface area contributed by atoms with E-state index >= 15 is 0 Å². The van der Waals surface area contributed by atoms with E-state index in [1.807, 2.05) is 0 Å². The molecule has 0 radical (unpaired) electrons. The van der Waals surface area contributed by atoms with Gasteiger partial charge < -0.3 is 9.47 Å². The number of nitro groups is 1. The molecule has 1 amide bonds. The summed E-state index contributed by atoms with van der Waals surface area (Å²) in [5, 5.41) is 15.9. The molecule has 1 atom stereocenters. The van der Waals surface area contributed by atoms with Gasteiger partial charge in [0.25, 0.3) is 11.6 Å². The van der Waals surface area contributed by atoms with Gasteiger partial charge in [-0.05, 0) is 49.4 Å². The maximum Gasteiger partial charge on any atom is 0.387 e. The number of ether oxygens (including phenoxy) is 2. The van der Waals surface area contributed by atoms with Crippen molar-refractivity contribution in [1.82, 2.24) is 4.98 Å². The summed E-state index contributed by atoms with van der Waals surface area (Å²) in [4.78, 5) is 40.1. The van der Waals surface area contributed by atoms with E-state index in [2.05, 4.69) is 14.8 Å². The number of hydrogen-bond donors (Lipinski definition) is 0. The largest absolute Gasteiger partial charge is 0.434 e. The Balaban J connectivity index is 1.59. The number of non-ortho nitro benzene ring substituents is 1. The molecule has 0 bridgehead atoms. The Labute approximate surface area is 196 Å². The van der Waals surface area contributed by atoms with E-state index in [0.717, 1.165) is 17.1 Å². The number of rotatable bonds is 7. The number of carbonyl (C=O) groups excluding carboxylic acids is 2. The number of hydrogen-bond acceptors (Lipinski definition) is 8. The highest BCUT2D eigenvalue weighted by Crippen LogP contribution is 2.35. The van der Waals surface area contributed by atoms with Crippen LogP contribution in [0.25, 0.3) is 11.3 Å². The molecule has 0 aliphatic carbocycles. The number of aromatic nitrogens is 1. The Kier molecular flexibility index (Phi) is 6.44. The van der Waals surface area contributed by atoms with Gasteiger partial charge in [0.05, 0.1) is 22.0 Å². The molecule has 3 aromatic rings. The first-order chi connectivity index (χ1) is 16.7. The van der Waals surface area contributed by atoms with E-state index in [0.29, 0.717) is 5.69 Å². The average molecular weight is 482 g/mol. The van der Waals surface area contributed by atoms with Crippen molar-refractivity contribution in [3.63, 3.8) is 0 Å². The molecule has 0 saturated carbocycles. The molecular weight excluding hydrogens is 466 g/mol. The minimum absolute atomic E-state index is 0.0191. The first kappa shape index (κ1) is 23.4. The predicted octanol–water partition coefficient (Wildman–Crippen LogP) is 4.20. The van der Waals surface area contributed by atoms with Crippen molar-refractivity contribution in [2.75, 3.05) is 5.01 Å². The van der Waals surface area contributed by atoms with Gasteiger partial charge in [-0.1, -0.05) is 6.07 Å². The fourth-order valence-corrected chi connectivity index (χ4v) is 3.40. The third kappa shape index (κ3) is 4.95. The van der Waals surface area contributed by atoms with Gasteiger partial charge >= 0.3 is 12.6 Å². The van der Waals surface area contributed by atoms with Crippen molar-refractivity contribution < 1.29 is 32.8 Å². The summed E-state index contributed by atoms with van der Waals surface area (Å²) in [5.41, 5.74) is 0.678. The van der Waals surface area contributed by atoms with Crippen LogP contribution in [0.5, 0.6) is 11.5 Å². The van der Waals surface area contributed by atoms with Gasteiger partial charge in [0, 0.05) is 23.9 Å². The minimum Gasteiger partial charge on any atom is -0.434 e. The van der Waals surface area contributed by atoms with E-state index in [-0.39, 0.29) is 34.1 Å². The monoisotopic (exact) mass is 482 g/mol. The minimum atomic E-state index is -3.07. The van der Waals surface area contributed by atoms with Gasteiger partial charge in [-0.2, -0.15) is 18.9 Å². The lowest BCUT2D eigenvalue weighted by atomic mass is 10.0. The van der Waals surface area contributed by atoms with Crippen molar-refractivity contribution >= 4 is 29.0 Å². The van der Waals surface area contributed by atoms with Crippen LogP contribution in [0.4, 0.5) is 20.2 Å². The van der Waals surface area contributed by atoms with Crippen molar-refractivity contribution in [3.8, 4) is 22.8 Å². The van der Waals surface area contributed by atoms with E-state index in [9.17, 15) is 28.5 Å². The number of pyridine rings is 1. The van der Waals surface area contributed by atoms with Gasteiger partial charge in [-0.3, -0.25) is 24.7 Å². The molecule has 1 unspecified atom stereocenters. The van der Waals surface area contributed by atoms with Crippen LogP contribution in [0.3, 0.4) is 0 Å². The molecule has 4 rings (SSSR count). The normalized spacial score (nSPS) is 15.2. The number of carbonyl (C=O) groups is 2. The number of alkyl halides is 2. The molecular formula is C23H16F2N4O6. The number of benzene rings is 2. The first-order valence-electron chi connectivity index (χ1n) is 10.1. The summed E-state index contributed by atoms with van der Waals surface area (Å²) in [5.74, 6) is -3.13. The van der Waals surface area contributed by atoms with Crippen LogP contribution in [0.15, 0.2) is 72.0 Å². The van der Waals surface area contributed by atoms with Crippen molar-refractivity contribution in [3.05, 3.63) is 77.0 Å². The maximum atomic E-state index is 13.1. The molecule has 0 spiro atoms. The van der Waals surface area contributed by atoms with Gasteiger partial charge in [0.15, 0.2) is 5.92 Å². The zero-order valence-electron chi connectivity index (χ0n) is 18.0. The Morgan fingerprint density at radius 1 is 1.14 bits per heavy atom. The highest BCUT2D eigenvalue weighted by Gasteiger charge is 2.41. The average Bonchev–Trinajstić information content (AvgIpc) is 3.13. The lowest BCUT2D eigenvalue weighted by Crippen LogP contribution is -2.35. The summed E-state index contributed by atoms with van der Waals surface area (Å²) in [6.07, 6.45) is 1.47. The topological polar surface area (TPSA) is 124 Å². The quantitative estimate of drug-likeness (QED) is 0.162. The second kappa shape index (κ2) is 9.63. The van der Waals surface area contributed by atoms with E-state index < -0.39 is 29.3 Å². The number of nitrogens with zero attached hydrogens (tertiary/aromatic N) is 4. The van der Waals surface area contributed by atoms with E-state index in [1.165, 1.54) is 43.5 Å². The molecule has 1 aromatic heterocycles. The highest BCUT2D eigenvalue weighted by molar-refractivity contribution is 6.25. The van der Waals surface area contributed by atoms with Crippen LogP contribution in [-0.4, -0.2) is 34.1 Å². The summed E-state index contributed by atoms with van der Waals surface area (Å²) >= 11 is 0. The molecule has 178 valence electrons. The van der Waals surface area contributed by atoms with Gasteiger partial charge in [-0.15, -0.1) is 0 Å². The van der Waals surface area contributed by atoms with Gasteiger partial charge in [0.1, 0.15) is 11.5 Å². The number of nitro benzene ring substituents is 1. The summed E-state index contributed by atoms with van der Waals surface area (Å²) in [6, 6.07) is 13.7. The van der Waals surface area contributed by atoms with Crippen LogP contribution in [0, 0.1) is 16.0 Å². The first-order valence-corrected chi connectivity index (χ1v) is 10.1. The standard InChI is InChI=1S/C23H16F2N4O6/c1-13-20(22(31)34-16-8-5-14(6-9-16)29(32)33)21(30)28(27-13)15-7-10-19(35-23(24)25)17(12-15)18-4-2-3-11-26-18/h2-12,20,23H,1H3. The van der Waals surface area contributed by atoms with E-state index in [4.69, 9.17) is 4.74 Å². The van der Waals surface area contributed by atoms with Crippen LogP contribution >= 0.6 is 0 Å². The van der Waals surface area contributed by atoms with Crippen molar-refractivity contribution in [1.29, 1.82) is 0 Å². The lowest BCUT2D eigenvalue weighted by Gasteiger charge is -2.17. The number of esters is 1. The Morgan fingerprint density at radius 2 is 1.89 bits per heavy atom. The number of amides is 1. The predicted molar refractivity (Wildman–Crippen MR) is 119 cm³/mol. The fraction of sp³-hybridized carbons (Fsp3) is 0.130. The maximum absolute atomic E-state index is 13.1. The van der Waals surface area contributed by atoms with Crippen LogP contribution < -0.4 is 14.5 Å². The Bertz CT molecular complexity index is 1320. The van der Waals surface area contributed by atoms with Crippen molar-refractivity contribution in [2.24, 2.45) is 11.0 Å². The molecule has 0 fully saturated rings. The van der Waals surface area contributed by atoms with Gasteiger partial charge in [-0.25, -0.2) is 0 Å². The molecule has 0 N–H and O–H groups in total. The van der Waals surface area contributed by atoms with Crippen LogP contribution in [0.1, 0.15) is 6.92 Å². The third-order valence-electron chi connectivity index (χ3n) is 5.00. The molecule has 10 nitrogen and oxygen atoms in total. The van der Waals surface area contributed by atoms with Crippen molar-refractivity contribution in [2.45, 2.75) is 13.5 Å². The molecule has 1 aliphatic rings. The summed E-state index contributed by atoms with van der Waals surface area (Å²) in [7, 11) is 0. The molecule has 35 heavy (non-hydrogen) atoms. The zero-order valence-corrected chi connectivity index (χ0v) is 18.0. The fourth-order valence-electron chi connectivity index (χ4n) is 3.40. The SMILES string of the molecule is CC1=NN(c2ccc(OC(F)F)c(-c3ccccn3)c2)C(=O)C1C(=O)Oc1ccc([N+](=O)[O-])cc1. The van der Waals surface area contributed by atoms with Crippen LogP contribution in [0.2, 0.25) is 0 Å². The lowest BCUT2D eigenvalue weighted by molar-refractivity contribution is -0.384. The second-order valence-corrected chi connectivity index (χ2v) is 7.27. The Hall–Kier alpha value is -4.74. The number of halogens is 2. The molecule has 2 aromatic carbocycles.